The van der Waals surface area contributed by atoms with E-state index in [4.69, 9.17) is 4.74 Å². The van der Waals surface area contributed by atoms with E-state index in [0.717, 1.165) is 0 Å². The van der Waals surface area contributed by atoms with E-state index in [1.165, 1.54) is 6.92 Å². The standard InChI is InChI=1S/C9H14BrNO3/c1-6(12)11(2)8-5-14-4-7(8)9(13)3-10/h7-8H,3-5H2,1-2H3. The molecule has 1 fully saturated rings. The van der Waals surface area contributed by atoms with E-state index in [1.54, 1.807) is 11.9 Å². The number of hydrogen-bond acceptors (Lipinski definition) is 3. The Hall–Kier alpha value is -0.420. The number of amides is 1. The molecule has 1 aliphatic heterocycles. The first-order chi connectivity index (χ1) is 6.57. The molecule has 5 heteroatoms. The molecular formula is C9H14BrNO3. The Kier molecular flexibility index (Phi) is 4.07. The number of Topliss-reactive ketones (excluding diaryl/α,β-unsaturated/α-hetero) is 1. The molecule has 2 atom stereocenters. The Labute approximate surface area is 91.7 Å². The number of halogens is 1. The first-order valence-corrected chi connectivity index (χ1v) is 5.60. The summed E-state index contributed by atoms with van der Waals surface area (Å²) < 4.78 is 5.23. The number of ether oxygens (including phenoxy) is 1. The second kappa shape index (κ2) is 4.89. The summed E-state index contributed by atoms with van der Waals surface area (Å²) in [5, 5.41) is 0.323. The van der Waals surface area contributed by atoms with Crippen molar-refractivity contribution < 1.29 is 14.3 Å². The maximum atomic E-state index is 11.5. The van der Waals surface area contributed by atoms with Crippen molar-refractivity contribution >= 4 is 27.6 Å². The largest absolute Gasteiger partial charge is 0.378 e. The second-order valence-electron chi connectivity index (χ2n) is 3.44. The third-order valence-electron chi connectivity index (χ3n) is 2.59. The van der Waals surface area contributed by atoms with E-state index in [9.17, 15) is 9.59 Å². The van der Waals surface area contributed by atoms with Crippen molar-refractivity contribution in [3.05, 3.63) is 0 Å². The molecule has 1 saturated heterocycles. The van der Waals surface area contributed by atoms with Crippen LogP contribution in [0.4, 0.5) is 0 Å². The normalized spacial score (nSPS) is 26.2. The van der Waals surface area contributed by atoms with Crippen LogP contribution in [0.5, 0.6) is 0 Å². The van der Waals surface area contributed by atoms with Gasteiger partial charge in [0.15, 0.2) is 5.78 Å². The van der Waals surface area contributed by atoms with Crippen molar-refractivity contribution in [3.8, 4) is 0 Å². The van der Waals surface area contributed by atoms with Crippen molar-refractivity contribution in [1.29, 1.82) is 0 Å². The van der Waals surface area contributed by atoms with Crippen molar-refractivity contribution in [2.45, 2.75) is 13.0 Å². The number of likely N-dealkylation sites (N-methyl/N-ethyl adjacent to an activating group) is 1. The predicted molar refractivity (Wildman–Crippen MR) is 55.3 cm³/mol. The third-order valence-corrected chi connectivity index (χ3v) is 3.14. The minimum absolute atomic E-state index is 0.0344. The fourth-order valence-corrected chi connectivity index (χ4v) is 1.98. The summed E-state index contributed by atoms with van der Waals surface area (Å²) in [6, 6.07) is -0.0995. The number of carbonyl (C=O) groups excluding carboxylic acids is 2. The van der Waals surface area contributed by atoms with Crippen LogP contribution in [0.2, 0.25) is 0 Å². The Morgan fingerprint density at radius 1 is 1.50 bits per heavy atom. The van der Waals surface area contributed by atoms with E-state index < -0.39 is 0 Å². The van der Waals surface area contributed by atoms with Gasteiger partial charge in [0.05, 0.1) is 30.5 Å². The molecule has 0 spiro atoms. The summed E-state index contributed by atoms with van der Waals surface area (Å²) >= 11 is 3.13. The van der Waals surface area contributed by atoms with Gasteiger partial charge in [0.1, 0.15) is 0 Å². The third kappa shape index (κ3) is 2.33. The Bertz CT molecular complexity index is 244. The van der Waals surface area contributed by atoms with Crippen molar-refractivity contribution in [2.75, 3.05) is 25.6 Å². The van der Waals surface area contributed by atoms with E-state index in [0.29, 0.717) is 18.5 Å². The topological polar surface area (TPSA) is 46.6 Å². The molecule has 1 aliphatic rings. The fourth-order valence-electron chi connectivity index (χ4n) is 1.56. The van der Waals surface area contributed by atoms with Gasteiger partial charge in [-0.1, -0.05) is 15.9 Å². The molecule has 80 valence electrons. The first kappa shape index (κ1) is 11.7. The molecule has 0 aromatic rings. The van der Waals surface area contributed by atoms with Crippen molar-refractivity contribution in [2.24, 2.45) is 5.92 Å². The van der Waals surface area contributed by atoms with Crippen LogP contribution in [0.15, 0.2) is 0 Å². The average Bonchev–Trinajstić information content (AvgIpc) is 2.63. The van der Waals surface area contributed by atoms with E-state index in [1.807, 2.05) is 0 Å². The maximum Gasteiger partial charge on any atom is 0.219 e. The zero-order chi connectivity index (χ0) is 10.7. The summed E-state index contributed by atoms with van der Waals surface area (Å²) in [6.07, 6.45) is 0. The lowest BCUT2D eigenvalue weighted by atomic mass is 9.98. The van der Waals surface area contributed by atoms with Gasteiger partial charge in [0, 0.05) is 14.0 Å². The van der Waals surface area contributed by atoms with Gasteiger partial charge in [0.2, 0.25) is 5.91 Å². The fraction of sp³-hybridized carbons (Fsp3) is 0.778. The van der Waals surface area contributed by atoms with Gasteiger partial charge in [-0.05, 0) is 0 Å². The van der Waals surface area contributed by atoms with Gasteiger partial charge in [-0.2, -0.15) is 0 Å². The van der Waals surface area contributed by atoms with Gasteiger partial charge in [0.25, 0.3) is 0 Å². The molecule has 14 heavy (non-hydrogen) atoms. The van der Waals surface area contributed by atoms with Gasteiger partial charge >= 0.3 is 0 Å². The molecule has 1 heterocycles. The van der Waals surface area contributed by atoms with Crippen LogP contribution in [0.25, 0.3) is 0 Å². The Morgan fingerprint density at radius 3 is 2.64 bits per heavy atom. The molecule has 1 amide bonds. The van der Waals surface area contributed by atoms with Gasteiger partial charge in [-0.25, -0.2) is 0 Å². The number of ketones is 1. The summed E-state index contributed by atoms with van der Waals surface area (Å²) in [6.45, 7) is 2.38. The SMILES string of the molecule is CC(=O)N(C)C1COCC1C(=O)CBr. The van der Waals surface area contributed by atoms with Gasteiger partial charge in [-0.15, -0.1) is 0 Å². The van der Waals surface area contributed by atoms with E-state index in [2.05, 4.69) is 15.9 Å². The number of nitrogens with zero attached hydrogens (tertiary/aromatic N) is 1. The predicted octanol–water partition coefficient (Wildman–Crippen LogP) is 0.444. The molecule has 2 unspecified atom stereocenters. The van der Waals surface area contributed by atoms with Crippen LogP contribution in [-0.4, -0.2) is 48.2 Å². The highest BCUT2D eigenvalue weighted by Crippen LogP contribution is 2.20. The van der Waals surface area contributed by atoms with Crippen LogP contribution >= 0.6 is 15.9 Å². The summed E-state index contributed by atoms with van der Waals surface area (Å²) in [7, 11) is 1.70. The molecular weight excluding hydrogens is 250 g/mol. The van der Waals surface area contributed by atoms with Gasteiger partial charge in [-0.3, -0.25) is 9.59 Å². The van der Waals surface area contributed by atoms with Crippen molar-refractivity contribution in [1.82, 2.24) is 4.90 Å². The summed E-state index contributed by atoms with van der Waals surface area (Å²) in [4.78, 5) is 24.2. The average molecular weight is 264 g/mol. The molecule has 0 radical (unpaired) electrons. The highest BCUT2D eigenvalue weighted by Gasteiger charge is 2.36. The number of alkyl halides is 1. The zero-order valence-corrected chi connectivity index (χ0v) is 9.91. The lowest BCUT2D eigenvalue weighted by molar-refractivity contribution is -0.131. The molecule has 0 bridgehead atoms. The van der Waals surface area contributed by atoms with Crippen LogP contribution in [0.3, 0.4) is 0 Å². The maximum absolute atomic E-state index is 11.5. The van der Waals surface area contributed by atoms with Crippen LogP contribution < -0.4 is 0 Å². The highest BCUT2D eigenvalue weighted by atomic mass is 79.9. The molecule has 4 nitrogen and oxygen atoms in total. The number of rotatable bonds is 3. The van der Waals surface area contributed by atoms with Crippen LogP contribution in [0.1, 0.15) is 6.92 Å². The second-order valence-corrected chi connectivity index (χ2v) is 4.00. The first-order valence-electron chi connectivity index (χ1n) is 4.47. The number of hydrogen-bond donors (Lipinski definition) is 0. The molecule has 0 saturated carbocycles. The lowest BCUT2D eigenvalue weighted by Crippen LogP contribution is -2.43. The molecule has 0 aliphatic carbocycles. The van der Waals surface area contributed by atoms with Crippen LogP contribution in [0, 0.1) is 5.92 Å². The highest BCUT2D eigenvalue weighted by molar-refractivity contribution is 9.09. The van der Waals surface area contributed by atoms with Gasteiger partial charge < -0.3 is 9.64 Å². The smallest absolute Gasteiger partial charge is 0.219 e. The summed E-state index contributed by atoms with van der Waals surface area (Å²) in [5.74, 6) is -0.114. The summed E-state index contributed by atoms with van der Waals surface area (Å²) in [5.41, 5.74) is 0. The van der Waals surface area contributed by atoms with Crippen molar-refractivity contribution in [3.63, 3.8) is 0 Å². The van der Waals surface area contributed by atoms with E-state index in [-0.39, 0.29) is 23.7 Å². The molecule has 0 N–H and O–H groups in total. The quantitative estimate of drug-likeness (QED) is 0.695. The van der Waals surface area contributed by atoms with E-state index >= 15 is 0 Å². The Balaban J connectivity index is 2.68. The zero-order valence-electron chi connectivity index (χ0n) is 8.33. The molecule has 1 rings (SSSR count). The van der Waals surface area contributed by atoms with Crippen LogP contribution in [-0.2, 0) is 14.3 Å². The number of carbonyl (C=O) groups is 2. The Morgan fingerprint density at radius 2 is 2.14 bits per heavy atom. The monoisotopic (exact) mass is 263 g/mol. The molecule has 0 aromatic carbocycles. The minimum Gasteiger partial charge on any atom is -0.378 e. The minimum atomic E-state index is -0.178. The molecule has 0 aromatic heterocycles. The lowest BCUT2D eigenvalue weighted by Gasteiger charge is -2.25.